The lowest BCUT2D eigenvalue weighted by Crippen LogP contribution is -2.15. The van der Waals surface area contributed by atoms with Crippen LogP contribution in [0.25, 0.3) is 0 Å². The van der Waals surface area contributed by atoms with Crippen molar-refractivity contribution in [3.8, 4) is 0 Å². The number of carbonyl (C=O) groups is 2. The van der Waals surface area contributed by atoms with Crippen LogP contribution in [0.4, 0.5) is 0 Å². The third kappa shape index (κ3) is 3.28. The Hall–Kier alpha value is -1.49. The smallest absolute Gasteiger partial charge is 0.311 e. The molecule has 1 atom stereocenters. The van der Waals surface area contributed by atoms with Crippen molar-refractivity contribution < 1.29 is 19.8 Å². The molecule has 0 amide bonds. The van der Waals surface area contributed by atoms with Crippen LogP contribution in [0.15, 0.2) is 29.2 Å². The van der Waals surface area contributed by atoms with E-state index in [9.17, 15) is 9.59 Å². The van der Waals surface area contributed by atoms with Crippen LogP contribution >= 0.6 is 12.6 Å². The minimum absolute atomic E-state index is 0.415. The summed E-state index contributed by atoms with van der Waals surface area (Å²) in [7, 11) is 0. The Kier molecular flexibility index (Phi) is 3.74. The number of rotatable bonds is 4. The van der Waals surface area contributed by atoms with Gasteiger partial charge in [0, 0.05) is 4.90 Å². The lowest BCUT2D eigenvalue weighted by Gasteiger charge is -2.09. The Morgan fingerprint density at radius 2 is 1.73 bits per heavy atom. The average Bonchev–Trinajstić information content (AvgIpc) is 2.15. The fraction of sp³-hybridized carbons (Fsp3) is 0.200. The zero-order chi connectivity index (χ0) is 11.4. The van der Waals surface area contributed by atoms with Crippen molar-refractivity contribution in [3.63, 3.8) is 0 Å². The second kappa shape index (κ2) is 4.84. The summed E-state index contributed by atoms with van der Waals surface area (Å²) in [5, 5.41) is 17.4. The predicted molar refractivity (Wildman–Crippen MR) is 56.3 cm³/mol. The largest absolute Gasteiger partial charge is 0.481 e. The van der Waals surface area contributed by atoms with E-state index in [1.165, 1.54) is 0 Å². The van der Waals surface area contributed by atoms with Crippen LogP contribution in [0, 0.1) is 0 Å². The molecule has 15 heavy (non-hydrogen) atoms. The van der Waals surface area contributed by atoms with Gasteiger partial charge in [0.15, 0.2) is 0 Å². The molecule has 2 N–H and O–H groups in total. The first-order chi connectivity index (χ1) is 7.00. The van der Waals surface area contributed by atoms with E-state index in [2.05, 4.69) is 12.6 Å². The van der Waals surface area contributed by atoms with Gasteiger partial charge in [-0.05, 0) is 17.7 Å². The Morgan fingerprint density at radius 1 is 1.20 bits per heavy atom. The second-order valence-electron chi connectivity index (χ2n) is 3.08. The summed E-state index contributed by atoms with van der Waals surface area (Å²) in [5.74, 6) is -3.27. The summed E-state index contributed by atoms with van der Waals surface area (Å²) < 4.78 is 0. The fourth-order valence-corrected chi connectivity index (χ4v) is 1.38. The number of hydrogen-bond acceptors (Lipinski definition) is 3. The summed E-state index contributed by atoms with van der Waals surface area (Å²) in [6.45, 7) is 0. The summed E-state index contributed by atoms with van der Waals surface area (Å²) in [6.07, 6.45) is -0.415. The molecule has 0 saturated carbocycles. The summed E-state index contributed by atoms with van der Waals surface area (Å²) in [5.41, 5.74) is 0.475. The van der Waals surface area contributed by atoms with E-state index in [1.807, 2.05) is 0 Å². The van der Waals surface area contributed by atoms with E-state index in [1.54, 1.807) is 24.3 Å². The van der Waals surface area contributed by atoms with Gasteiger partial charge < -0.3 is 10.2 Å². The fourth-order valence-electron chi connectivity index (χ4n) is 1.23. The van der Waals surface area contributed by atoms with E-state index in [-0.39, 0.29) is 0 Å². The third-order valence-corrected chi connectivity index (χ3v) is 2.27. The second-order valence-corrected chi connectivity index (χ2v) is 3.60. The van der Waals surface area contributed by atoms with Crippen LogP contribution in [0.1, 0.15) is 17.9 Å². The number of thiol groups is 1. The SMILES string of the molecule is O=C(O)CC(C(=O)O)c1ccc(S)cc1. The Balaban J connectivity index is 2.94. The maximum absolute atomic E-state index is 10.8. The van der Waals surface area contributed by atoms with Crippen molar-refractivity contribution in [1.29, 1.82) is 0 Å². The molecule has 0 radical (unpaired) electrons. The van der Waals surface area contributed by atoms with E-state index in [4.69, 9.17) is 10.2 Å². The molecule has 1 unspecified atom stereocenters. The van der Waals surface area contributed by atoms with Gasteiger partial charge in [0.25, 0.3) is 0 Å². The minimum atomic E-state index is -1.13. The molecule has 4 nitrogen and oxygen atoms in total. The maximum atomic E-state index is 10.8. The summed E-state index contributed by atoms with van der Waals surface area (Å²) in [4.78, 5) is 22.0. The van der Waals surface area contributed by atoms with Crippen LogP contribution in [0.3, 0.4) is 0 Å². The van der Waals surface area contributed by atoms with Crippen molar-refractivity contribution in [2.24, 2.45) is 0 Å². The molecule has 0 aliphatic carbocycles. The Labute approximate surface area is 92.0 Å². The third-order valence-electron chi connectivity index (χ3n) is 1.97. The predicted octanol–water partition coefficient (Wildman–Crippen LogP) is 1.62. The van der Waals surface area contributed by atoms with Gasteiger partial charge in [-0.2, -0.15) is 0 Å². The molecule has 0 spiro atoms. The Bertz CT molecular complexity index is 372. The molecule has 0 fully saturated rings. The summed E-state index contributed by atoms with van der Waals surface area (Å²) in [6, 6.07) is 6.42. The molecule has 0 bridgehead atoms. The average molecular weight is 226 g/mol. The van der Waals surface area contributed by atoms with Gasteiger partial charge in [0.1, 0.15) is 0 Å². The highest BCUT2D eigenvalue weighted by molar-refractivity contribution is 7.80. The van der Waals surface area contributed by atoms with E-state index >= 15 is 0 Å². The first-order valence-electron chi connectivity index (χ1n) is 4.24. The molecule has 0 heterocycles. The van der Waals surface area contributed by atoms with Crippen LogP contribution < -0.4 is 0 Å². The molecule has 0 saturated heterocycles. The standard InChI is InChI=1S/C10H10O4S/c11-9(12)5-8(10(13)14)6-1-3-7(15)4-2-6/h1-4,8,15H,5H2,(H,11,12)(H,13,14). The zero-order valence-electron chi connectivity index (χ0n) is 7.75. The van der Waals surface area contributed by atoms with Gasteiger partial charge in [0.05, 0.1) is 12.3 Å². The monoisotopic (exact) mass is 226 g/mol. The molecule has 0 aliphatic rings. The van der Waals surface area contributed by atoms with Crippen molar-refractivity contribution in [2.75, 3.05) is 0 Å². The lowest BCUT2D eigenvalue weighted by atomic mass is 9.96. The molecule has 1 rings (SSSR count). The zero-order valence-corrected chi connectivity index (χ0v) is 8.65. The van der Waals surface area contributed by atoms with Crippen molar-refractivity contribution in [2.45, 2.75) is 17.2 Å². The van der Waals surface area contributed by atoms with Gasteiger partial charge in [-0.25, -0.2) is 0 Å². The lowest BCUT2D eigenvalue weighted by molar-refractivity contribution is -0.145. The molecular weight excluding hydrogens is 216 g/mol. The highest BCUT2D eigenvalue weighted by Gasteiger charge is 2.22. The first-order valence-corrected chi connectivity index (χ1v) is 4.69. The number of carboxylic acid groups (broad SMARTS) is 2. The quantitative estimate of drug-likeness (QED) is 0.682. The number of aliphatic carboxylic acids is 2. The van der Waals surface area contributed by atoms with E-state index in [0.29, 0.717) is 10.5 Å². The highest BCUT2D eigenvalue weighted by Crippen LogP contribution is 2.21. The normalized spacial score (nSPS) is 12.1. The van der Waals surface area contributed by atoms with Crippen LogP contribution in [-0.4, -0.2) is 22.2 Å². The topological polar surface area (TPSA) is 74.6 Å². The molecule has 0 aliphatic heterocycles. The Morgan fingerprint density at radius 3 is 2.13 bits per heavy atom. The van der Waals surface area contributed by atoms with Gasteiger partial charge in [-0.3, -0.25) is 9.59 Å². The molecule has 1 aromatic carbocycles. The first kappa shape index (κ1) is 11.6. The van der Waals surface area contributed by atoms with Gasteiger partial charge in [-0.15, -0.1) is 12.6 Å². The minimum Gasteiger partial charge on any atom is -0.481 e. The van der Waals surface area contributed by atoms with Gasteiger partial charge in [0.2, 0.25) is 0 Å². The highest BCUT2D eigenvalue weighted by atomic mass is 32.1. The molecular formula is C10H10O4S. The molecule has 5 heteroatoms. The van der Waals surface area contributed by atoms with E-state index in [0.717, 1.165) is 0 Å². The molecule has 1 aromatic rings. The van der Waals surface area contributed by atoms with Crippen LogP contribution in [0.2, 0.25) is 0 Å². The summed E-state index contributed by atoms with van der Waals surface area (Å²) >= 11 is 4.06. The van der Waals surface area contributed by atoms with E-state index < -0.39 is 24.3 Å². The number of carboxylic acids is 2. The molecule has 0 aromatic heterocycles. The van der Waals surface area contributed by atoms with Crippen LogP contribution in [-0.2, 0) is 9.59 Å². The molecule has 80 valence electrons. The van der Waals surface area contributed by atoms with Gasteiger partial charge >= 0.3 is 11.9 Å². The maximum Gasteiger partial charge on any atom is 0.311 e. The van der Waals surface area contributed by atoms with Gasteiger partial charge in [-0.1, -0.05) is 12.1 Å². The number of hydrogen-bond donors (Lipinski definition) is 3. The van der Waals surface area contributed by atoms with Crippen molar-refractivity contribution in [1.82, 2.24) is 0 Å². The van der Waals surface area contributed by atoms with Crippen molar-refractivity contribution in [3.05, 3.63) is 29.8 Å². The number of benzene rings is 1. The van der Waals surface area contributed by atoms with Crippen LogP contribution in [0.5, 0.6) is 0 Å². The van der Waals surface area contributed by atoms with Crippen molar-refractivity contribution >= 4 is 24.6 Å².